The first-order chi connectivity index (χ1) is 7.97. The summed E-state index contributed by atoms with van der Waals surface area (Å²) < 4.78 is 30.6. The van der Waals surface area contributed by atoms with Crippen molar-refractivity contribution in [2.24, 2.45) is 0 Å². The fourth-order valence-electron chi connectivity index (χ4n) is 1.34. The first kappa shape index (κ1) is 14.3. The molecule has 1 aromatic heterocycles. The SMILES string of the molecule is CCOC(=O)Cc1ncc(C(F)F)c(C)c1I. The van der Waals surface area contributed by atoms with Crippen LogP contribution in [0, 0.1) is 10.5 Å². The summed E-state index contributed by atoms with van der Waals surface area (Å²) in [4.78, 5) is 15.2. The van der Waals surface area contributed by atoms with E-state index in [1.54, 1.807) is 13.8 Å². The van der Waals surface area contributed by atoms with Gasteiger partial charge in [0.05, 0.1) is 18.7 Å². The van der Waals surface area contributed by atoms with Gasteiger partial charge < -0.3 is 4.74 Å². The molecule has 0 bridgehead atoms. The minimum atomic E-state index is -2.55. The van der Waals surface area contributed by atoms with Crippen LogP contribution in [0.3, 0.4) is 0 Å². The van der Waals surface area contributed by atoms with E-state index in [1.807, 2.05) is 22.6 Å². The third-order valence-electron chi connectivity index (χ3n) is 2.23. The average molecular weight is 355 g/mol. The molecule has 0 N–H and O–H groups in total. The molecule has 1 aromatic rings. The Morgan fingerprint density at radius 3 is 2.76 bits per heavy atom. The van der Waals surface area contributed by atoms with Crippen LogP contribution in [0.25, 0.3) is 0 Å². The molecule has 0 saturated carbocycles. The smallest absolute Gasteiger partial charge is 0.311 e. The minimum absolute atomic E-state index is 0.0104. The van der Waals surface area contributed by atoms with E-state index in [0.29, 0.717) is 21.4 Å². The van der Waals surface area contributed by atoms with E-state index in [1.165, 1.54) is 0 Å². The summed E-state index contributed by atoms with van der Waals surface area (Å²) in [5, 5.41) is 0. The van der Waals surface area contributed by atoms with Crippen LogP contribution >= 0.6 is 22.6 Å². The summed E-state index contributed by atoms with van der Waals surface area (Å²) in [6, 6.07) is 0. The Hall–Kier alpha value is -0.790. The zero-order valence-electron chi connectivity index (χ0n) is 9.47. The highest BCUT2D eigenvalue weighted by Gasteiger charge is 2.17. The van der Waals surface area contributed by atoms with Crippen LogP contribution in [-0.2, 0) is 16.0 Å². The Balaban J connectivity index is 2.96. The molecule has 1 rings (SSSR count). The molecule has 17 heavy (non-hydrogen) atoms. The van der Waals surface area contributed by atoms with Crippen molar-refractivity contribution >= 4 is 28.6 Å². The second-order valence-corrected chi connectivity index (χ2v) is 4.46. The van der Waals surface area contributed by atoms with Crippen LogP contribution < -0.4 is 0 Å². The van der Waals surface area contributed by atoms with E-state index in [0.717, 1.165) is 6.20 Å². The van der Waals surface area contributed by atoms with Gasteiger partial charge in [-0.3, -0.25) is 9.78 Å². The Morgan fingerprint density at radius 1 is 1.59 bits per heavy atom. The van der Waals surface area contributed by atoms with E-state index in [2.05, 4.69) is 4.98 Å². The van der Waals surface area contributed by atoms with Crippen LogP contribution in [0.15, 0.2) is 6.20 Å². The summed E-state index contributed by atoms with van der Waals surface area (Å²) in [6.07, 6.45) is -1.42. The number of hydrogen-bond acceptors (Lipinski definition) is 3. The number of pyridine rings is 1. The Labute approximate surface area is 112 Å². The lowest BCUT2D eigenvalue weighted by atomic mass is 10.1. The van der Waals surface area contributed by atoms with Crippen molar-refractivity contribution in [2.75, 3.05) is 6.61 Å². The van der Waals surface area contributed by atoms with Gasteiger partial charge in [0, 0.05) is 15.3 Å². The standard InChI is InChI=1S/C11H12F2INO2/c1-3-17-9(16)4-8-10(14)6(2)7(5-15-8)11(12)13/h5,11H,3-4H2,1-2H3. The fraction of sp³-hybridized carbons (Fsp3) is 0.455. The van der Waals surface area contributed by atoms with Crippen LogP contribution in [0.4, 0.5) is 8.78 Å². The number of ether oxygens (including phenoxy) is 1. The summed E-state index contributed by atoms with van der Waals surface area (Å²) in [5.41, 5.74) is 0.850. The van der Waals surface area contributed by atoms with Gasteiger partial charge in [-0.2, -0.15) is 0 Å². The van der Waals surface area contributed by atoms with Gasteiger partial charge in [0.1, 0.15) is 0 Å². The average Bonchev–Trinajstić information content (AvgIpc) is 2.25. The van der Waals surface area contributed by atoms with Crippen molar-refractivity contribution in [3.63, 3.8) is 0 Å². The molecule has 0 radical (unpaired) electrons. The van der Waals surface area contributed by atoms with Crippen molar-refractivity contribution in [3.8, 4) is 0 Å². The number of esters is 1. The van der Waals surface area contributed by atoms with Crippen LogP contribution in [-0.4, -0.2) is 17.6 Å². The highest BCUT2D eigenvalue weighted by Crippen LogP contribution is 2.26. The summed E-state index contributed by atoms with van der Waals surface area (Å²) in [7, 11) is 0. The molecule has 0 aliphatic heterocycles. The van der Waals surface area contributed by atoms with Gasteiger partial charge in [-0.05, 0) is 42.0 Å². The summed E-state index contributed by atoms with van der Waals surface area (Å²) in [5.74, 6) is -0.401. The Kier molecular flexibility index (Phi) is 5.23. The lowest BCUT2D eigenvalue weighted by Gasteiger charge is -2.10. The van der Waals surface area contributed by atoms with E-state index in [9.17, 15) is 13.6 Å². The maximum atomic E-state index is 12.6. The number of alkyl halides is 2. The lowest BCUT2D eigenvalue weighted by Crippen LogP contribution is -2.11. The molecular formula is C11H12F2INO2. The molecule has 0 aliphatic rings. The van der Waals surface area contributed by atoms with E-state index in [-0.39, 0.29) is 12.0 Å². The third-order valence-corrected chi connectivity index (χ3v) is 3.66. The number of carbonyl (C=O) groups is 1. The van der Waals surface area contributed by atoms with Gasteiger partial charge in [-0.25, -0.2) is 8.78 Å². The number of nitrogens with zero attached hydrogens (tertiary/aromatic N) is 1. The van der Waals surface area contributed by atoms with Crippen molar-refractivity contribution in [2.45, 2.75) is 26.7 Å². The van der Waals surface area contributed by atoms with Gasteiger partial charge >= 0.3 is 5.97 Å². The topological polar surface area (TPSA) is 39.2 Å². The molecule has 6 heteroatoms. The number of carbonyl (C=O) groups excluding carboxylic acids is 1. The summed E-state index contributed by atoms with van der Waals surface area (Å²) in [6.45, 7) is 3.60. The van der Waals surface area contributed by atoms with E-state index < -0.39 is 12.4 Å². The molecule has 0 fully saturated rings. The first-order valence-electron chi connectivity index (χ1n) is 5.05. The molecule has 3 nitrogen and oxygen atoms in total. The molecule has 0 aliphatic carbocycles. The molecular weight excluding hydrogens is 343 g/mol. The second kappa shape index (κ2) is 6.23. The normalized spacial score (nSPS) is 10.7. The molecule has 0 amide bonds. The molecule has 0 unspecified atom stereocenters. The maximum absolute atomic E-state index is 12.6. The molecule has 1 heterocycles. The zero-order valence-corrected chi connectivity index (χ0v) is 11.6. The van der Waals surface area contributed by atoms with E-state index >= 15 is 0 Å². The highest BCUT2D eigenvalue weighted by atomic mass is 127. The van der Waals surface area contributed by atoms with E-state index in [4.69, 9.17) is 4.74 Å². The molecule has 0 atom stereocenters. The minimum Gasteiger partial charge on any atom is -0.466 e. The summed E-state index contributed by atoms with van der Waals surface area (Å²) >= 11 is 1.92. The molecule has 94 valence electrons. The maximum Gasteiger partial charge on any atom is 0.311 e. The fourth-order valence-corrected chi connectivity index (χ4v) is 1.98. The van der Waals surface area contributed by atoms with Gasteiger partial charge in [0.15, 0.2) is 0 Å². The molecule has 0 spiro atoms. The predicted molar refractivity (Wildman–Crippen MR) is 67.0 cm³/mol. The molecule has 0 saturated heterocycles. The van der Waals surface area contributed by atoms with Crippen molar-refractivity contribution in [3.05, 3.63) is 26.6 Å². The number of rotatable bonds is 4. The van der Waals surface area contributed by atoms with Crippen LogP contribution in [0.1, 0.15) is 30.2 Å². The van der Waals surface area contributed by atoms with Gasteiger partial charge in [-0.1, -0.05) is 0 Å². The Morgan fingerprint density at radius 2 is 2.24 bits per heavy atom. The number of hydrogen-bond donors (Lipinski definition) is 0. The zero-order chi connectivity index (χ0) is 13.0. The highest BCUT2D eigenvalue weighted by molar-refractivity contribution is 14.1. The Bertz CT molecular complexity index is 424. The second-order valence-electron chi connectivity index (χ2n) is 3.38. The van der Waals surface area contributed by atoms with Crippen molar-refractivity contribution < 1.29 is 18.3 Å². The van der Waals surface area contributed by atoms with Gasteiger partial charge in [0.25, 0.3) is 6.43 Å². The third kappa shape index (κ3) is 3.58. The van der Waals surface area contributed by atoms with Crippen molar-refractivity contribution in [1.82, 2.24) is 4.98 Å². The first-order valence-corrected chi connectivity index (χ1v) is 6.12. The van der Waals surface area contributed by atoms with Gasteiger partial charge in [-0.15, -0.1) is 0 Å². The monoisotopic (exact) mass is 355 g/mol. The van der Waals surface area contributed by atoms with Crippen molar-refractivity contribution in [1.29, 1.82) is 0 Å². The largest absolute Gasteiger partial charge is 0.466 e. The van der Waals surface area contributed by atoms with Crippen LogP contribution in [0.5, 0.6) is 0 Å². The molecule has 0 aromatic carbocycles. The lowest BCUT2D eigenvalue weighted by molar-refractivity contribution is -0.142. The van der Waals surface area contributed by atoms with Crippen LogP contribution in [0.2, 0.25) is 0 Å². The number of aromatic nitrogens is 1. The predicted octanol–water partition coefficient (Wildman–Crippen LogP) is 3.04. The van der Waals surface area contributed by atoms with Gasteiger partial charge in [0.2, 0.25) is 0 Å². The number of halogens is 3. The quantitative estimate of drug-likeness (QED) is 0.616.